The molecule has 106 valence electrons. The molecule has 0 aromatic carbocycles. The molecule has 18 heavy (non-hydrogen) atoms. The van der Waals surface area contributed by atoms with Crippen LogP contribution >= 0.6 is 0 Å². The fraction of sp³-hybridized carbons (Fsp3) is 1.00. The van der Waals surface area contributed by atoms with Gasteiger partial charge in [-0.15, -0.1) is 0 Å². The summed E-state index contributed by atoms with van der Waals surface area (Å²) in [5.41, 5.74) is 0. The zero-order valence-corrected chi connectivity index (χ0v) is 12.7. The van der Waals surface area contributed by atoms with Crippen molar-refractivity contribution in [1.29, 1.82) is 0 Å². The Bertz CT molecular complexity index is 250. The van der Waals surface area contributed by atoms with Crippen LogP contribution in [0.5, 0.6) is 0 Å². The molecule has 1 saturated heterocycles. The molecule has 0 radical (unpaired) electrons. The average Bonchev–Trinajstić information content (AvgIpc) is 3.04. The van der Waals surface area contributed by atoms with Crippen LogP contribution in [-0.2, 0) is 0 Å². The minimum atomic E-state index is 0.680. The molecule has 3 nitrogen and oxygen atoms in total. The predicted octanol–water partition coefficient (Wildman–Crippen LogP) is 1.79. The van der Waals surface area contributed by atoms with Gasteiger partial charge in [0.25, 0.3) is 0 Å². The van der Waals surface area contributed by atoms with Gasteiger partial charge < -0.3 is 15.1 Å². The van der Waals surface area contributed by atoms with Gasteiger partial charge >= 0.3 is 0 Å². The lowest BCUT2D eigenvalue weighted by molar-refractivity contribution is 0.144. The molecule has 2 atom stereocenters. The Hall–Kier alpha value is -0.120. The van der Waals surface area contributed by atoms with Gasteiger partial charge in [0.15, 0.2) is 0 Å². The summed E-state index contributed by atoms with van der Waals surface area (Å²) in [6, 6.07) is 2.28. The highest BCUT2D eigenvalue weighted by molar-refractivity contribution is 4.87. The van der Waals surface area contributed by atoms with Crippen molar-refractivity contribution in [3.05, 3.63) is 0 Å². The van der Waals surface area contributed by atoms with Crippen molar-refractivity contribution in [2.24, 2.45) is 5.92 Å². The summed E-state index contributed by atoms with van der Waals surface area (Å²) in [5, 5.41) is 3.70. The average molecular weight is 253 g/mol. The van der Waals surface area contributed by atoms with Crippen LogP contribution in [0.25, 0.3) is 0 Å². The standard InChI is InChI=1S/C15H31N3/c1-12(2)15(10-16-13-7-8-13)18(4)11-14-6-5-9-17(14)3/h12-16H,5-11H2,1-4H3. The first-order valence-corrected chi connectivity index (χ1v) is 7.71. The molecule has 0 bridgehead atoms. The van der Waals surface area contributed by atoms with Crippen molar-refractivity contribution < 1.29 is 0 Å². The van der Waals surface area contributed by atoms with Gasteiger partial charge in [-0.1, -0.05) is 13.8 Å². The first-order valence-electron chi connectivity index (χ1n) is 7.71. The van der Waals surface area contributed by atoms with E-state index in [0.29, 0.717) is 6.04 Å². The number of nitrogens with zero attached hydrogens (tertiary/aromatic N) is 2. The highest BCUT2D eigenvalue weighted by Gasteiger charge is 2.28. The topological polar surface area (TPSA) is 18.5 Å². The minimum Gasteiger partial charge on any atom is -0.312 e. The summed E-state index contributed by atoms with van der Waals surface area (Å²) >= 11 is 0. The Labute approximate surface area is 113 Å². The first kappa shape index (κ1) is 14.3. The van der Waals surface area contributed by atoms with E-state index in [1.807, 2.05) is 0 Å². The van der Waals surface area contributed by atoms with E-state index in [-0.39, 0.29) is 0 Å². The van der Waals surface area contributed by atoms with Gasteiger partial charge in [0, 0.05) is 31.2 Å². The summed E-state index contributed by atoms with van der Waals surface area (Å²) in [6.07, 6.45) is 5.53. The molecule has 0 amide bonds. The van der Waals surface area contributed by atoms with Crippen LogP contribution < -0.4 is 5.32 Å². The fourth-order valence-electron chi connectivity index (χ4n) is 3.15. The third-order valence-electron chi connectivity index (χ3n) is 4.70. The largest absolute Gasteiger partial charge is 0.312 e. The van der Waals surface area contributed by atoms with Crippen LogP contribution in [0.3, 0.4) is 0 Å². The van der Waals surface area contributed by atoms with Gasteiger partial charge in [-0.25, -0.2) is 0 Å². The summed E-state index contributed by atoms with van der Waals surface area (Å²) in [5.74, 6) is 0.730. The monoisotopic (exact) mass is 253 g/mol. The molecule has 1 saturated carbocycles. The van der Waals surface area contributed by atoms with Gasteiger partial charge in [-0.2, -0.15) is 0 Å². The van der Waals surface area contributed by atoms with Crippen molar-refractivity contribution in [3.8, 4) is 0 Å². The van der Waals surface area contributed by atoms with Gasteiger partial charge in [0.05, 0.1) is 0 Å². The zero-order chi connectivity index (χ0) is 13.1. The van der Waals surface area contributed by atoms with E-state index in [1.165, 1.54) is 38.8 Å². The molecule has 2 fully saturated rings. The highest BCUT2D eigenvalue weighted by Crippen LogP contribution is 2.21. The van der Waals surface area contributed by atoms with Crippen LogP contribution in [0.2, 0.25) is 0 Å². The Morgan fingerprint density at radius 1 is 1.28 bits per heavy atom. The van der Waals surface area contributed by atoms with Gasteiger partial charge in [-0.3, -0.25) is 0 Å². The molecular weight excluding hydrogens is 222 g/mol. The number of rotatable bonds is 7. The second-order valence-corrected chi connectivity index (χ2v) is 6.71. The number of nitrogens with one attached hydrogen (secondary N) is 1. The highest BCUT2D eigenvalue weighted by atomic mass is 15.2. The maximum Gasteiger partial charge on any atom is 0.0241 e. The van der Waals surface area contributed by atoms with E-state index in [1.54, 1.807) is 0 Å². The lowest BCUT2D eigenvalue weighted by atomic mass is 10.0. The summed E-state index contributed by atoms with van der Waals surface area (Å²) in [4.78, 5) is 5.12. The SMILES string of the molecule is CC(C)C(CNC1CC1)N(C)CC1CCCN1C. The second-order valence-electron chi connectivity index (χ2n) is 6.71. The van der Waals surface area contributed by atoms with Gasteiger partial charge in [-0.05, 0) is 52.2 Å². The van der Waals surface area contributed by atoms with Gasteiger partial charge in [0.2, 0.25) is 0 Å². The molecule has 0 spiro atoms. The normalized spacial score (nSPS) is 27.3. The Morgan fingerprint density at radius 3 is 2.50 bits per heavy atom. The maximum atomic E-state index is 3.70. The lowest BCUT2D eigenvalue weighted by Gasteiger charge is -2.35. The Balaban J connectivity index is 1.79. The van der Waals surface area contributed by atoms with Crippen LogP contribution in [0.1, 0.15) is 39.5 Å². The number of likely N-dealkylation sites (N-methyl/N-ethyl adjacent to an activating group) is 2. The van der Waals surface area contributed by atoms with Crippen LogP contribution in [0.15, 0.2) is 0 Å². The summed E-state index contributed by atoms with van der Waals surface area (Å²) in [6.45, 7) is 8.38. The number of hydrogen-bond donors (Lipinski definition) is 1. The number of likely N-dealkylation sites (tertiary alicyclic amines) is 1. The first-order chi connectivity index (χ1) is 8.58. The van der Waals surface area contributed by atoms with Crippen molar-refractivity contribution in [1.82, 2.24) is 15.1 Å². The lowest BCUT2D eigenvalue weighted by Crippen LogP contribution is -2.48. The molecular formula is C15H31N3. The Kier molecular flexibility index (Phi) is 5.05. The quantitative estimate of drug-likeness (QED) is 0.746. The molecule has 3 heteroatoms. The van der Waals surface area contributed by atoms with E-state index < -0.39 is 0 Å². The molecule has 2 aliphatic rings. The maximum absolute atomic E-state index is 3.70. The summed E-state index contributed by atoms with van der Waals surface area (Å²) in [7, 11) is 4.59. The van der Waals surface area contributed by atoms with Crippen molar-refractivity contribution >= 4 is 0 Å². The van der Waals surface area contributed by atoms with E-state index in [0.717, 1.165) is 24.5 Å². The number of hydrogen-bond acceptors (Lipinski definition) is 3. The molecule has 1 aliphatic carbocycles. The van der Waals surface area contributed by atoms with Crippen LogP contribution in [0, 0.1) is 5.92 Å². The fourth-order valence-corrected chi connectivity index (χ4v) is 3.15. The third kappa shape index (κ3) is 3.94. The smallest absolute Gasteiger partial charge is 0.0241 e. The van der Waals surface area contributed by atoms with E-state index in [4.69, 9.17) is 0 Å². The minimum absolute atomic E-state index is 0.680. The molecule has 1 aliphatic heterocycles. The molecule has 2 rings (SSSR count). The van der Waals surface area contributed by atoms with Crippen molar-refractivity contribution in [2.45, 2.75) is 57.7 Å². The van der Waals surface area contributed by atoms with Crippen LogP contribution in [-0.4, -0.2) is 61.7 Å². The zero-order valence-electron chi connectivity index (χ0n) is 12.7. The van der Waals surface area contributed by atoms with Crippen LogP contribution in [0.4, 0.5) is 0 Å². The van der Waals surface area contributed by atoms with Crippen molar-refractivity contribution in [2.75, 3.05) is 33.7 Å². The molecule has 0 aromatic heterocycles. The van der Waals surface area contributed by atoms with Crippen molar-refractivity contribution in [3.63, 3.8) is 0 Å². The second kappa shape index (κ2) is 6.36. The predicted molar refractivity (Wildman–Crippen MR) is 77.9 cm³/mol. The van der Waals surface area contributed by atoms with E-state index in [2.05, 4.69) is 43.1 Å². The third-order valence-corrected chi connectivity index (χ3v) is 4.70. The molecule has 2 unspecified atom stereocenters. The molecule has 1 N–H and O–H groups in total. The summed E-state index contributed by atoms with van der Waals surface area (Å²) < 4.78 is 0. The van der Waals surface area contributed by atoms with Gasteiger partial charge in [0.1, 0.15) is 0 Å². The Morgan fingerprint density at radius 2 is 2.00 bits per heavy atom. The molecule has 0 aromatic rings. The molecule has 1 heterocycles. The van der Waals surface area contributed by atoms with E-state index in [9.17, 15) is 0 Å². The van der Waals surface area contributed by atoms with E-state index >= 15 is 0 Å².